The van der Waals surface area contributed by atoms with Gasteiger partial charge in [-0.15, -0.1) is 0 Å². The van der Waals surface area contributed by atoms with Gasteiger partial charge in [-0.2, -0.15) is 0 Å². The van der Waals surface area contributed by atoms with Crippen molar-refractivity contribution in [3.63, 3.8) is 0 Å². The minimum atomic E-state index is -0.878. The van der Waals surface area contributed by atoms with Crippen LogP contribution in [0.15, 0.2) is 35.5 Å². The Morgan fingerprint density at radius 1 is 1.47 bits per heavy atom. The molecule has 1 heterocycles. The summed E-state index contributed by atoms with van der Waals surface area (Å²) >= 11 is 0. The number of rotatable bonds is 3. The molecule has 5 heteroatoms. The molecule has 90 valence electrons. The van der Waals surface area contributed by atoms with E-state index in [-0.39, 0.29) is 6.61 Å². The van der Waals surface area contributed by atoms with Crippen LogP contribution in [-0.4, -0.2) is 35.6 Å². The number of benzene rings is 1. The molecule has 1 aliphatic heterocycles. The number of hydrogen-bond acceptors (Lipinski definition) is 5. The van der Waals surface area contributed by atoms with E-state index < -0.39 is 18.2 Å². The van der Waals surface area contributed by atoms with Gasteiger partial charge >= 0.3 is 5.97 Å². The molecule has 0 aromatic heterocycles. The third-order valence-electron chi connectivity index (χ3n) is 2.44. The van der Waals surface area contributed by atoms with Crippen LogP contribution in [0.25, 0.3) is 0 Å². The summed E-state index contributed by atoms with van der Waals surface area (Å²) in [5.74, 6) is -0.408. The van der Waals surface area contributed by atoms with E-state index in [9.17, 15) is 9.90 Å². The number of ether oxygens (including phenoxy) is 1. The summed E-state index contributed by atoms with van der Waals surface area (Å²) in [6.45, 7) is 1.30. The number of oxime groups is 1. The fourth-order valence-electron chi connectivity index (χ4n) is 1.57. The van der Waals surface area contributed by atoms with Crippen LogP contribution in [0.4, 0.5) is 0 Å². The second kappa shape index (κ2) is 4.97. The maximum Gasteiger partial charge on any atom is 0.302 e. The average Bonchev–Trinajstić information content (AvgIpc) is 2.69. The third kappa shape index (κ3) is 2.62. The van der Waals surface area contributed by atoms with Gasteiger partial charge in [0.2, 0.25) is 0 Å². The van der Waals surface area contributed by atoms with E-state index in [0.29, 0.717) is 5.71 Å². The van der Waals surface area contributed by atoms with Crippen LogP contribution in [0.5, 0.6) is 0 Å². The number of hydrogen-bond donors (Lipinski definition) is 1. The molecule has 17 heavy (non-hydrogen) atoms. The van der Waals surface area contributed by atoms with Crippen LogP contribution in [0.3, 0.4) is 0 Å². The molecule has 0 spiro atoms. The number of esters is 1. The molecule has 0 aliphatic carbocycles. The summed E-state index contributed by atoms with van der Waals surface area (Å²) in [4.78, 5) is 15.7. The zero-order valence-electron chi connectivity index (χ0n) is 9.37. The van der Waals surface area contributed by atoms with Crippen molar-refractivity contribution in [1.29, 1.82) is 0 Å². The lowest BCUT2D eigenvalue weighted by Crippen LogP contribution is -2.33. The van der Waals surface area contributed by atoms with Crippen molar-refractivity contribution in [3.8, 4) is 0 Å². The zero-order chi connectivity index (χ0) is 12.3. The monoisotopic (exact) mass is 235 g/mol. The molecular weight excluding hydrogens is 222 g/mol. The Labute approximate surface area is 98.6 Å². The molecule has 1 N–H and O–H groups in total. The predicted molar refractivity (Wildman–Crippen MR) is 60.5 cm³/mol. The molecule has 0 saturated carbocycles. The minimum absolute atomic E-state index is 0.00364. The Morgan fingerprint density at radius 2 is 2.18 bits per heavy atom. The van der Waals surface area contributed by atoms with Gasteiger partial charge in [0.25, 0.3) is 0 Å². The van der Waals surface area contributed by atoms with Crippen LogP contribution in [0.1, 0.15) is 12.5 Å². The summed E-state index contributed by atoms with van der Waals surface area (Å²) in [5.41, 5.74) is 1.26. The number of carbonyl (C=O) groups excluding carboxylic acids is 1. The first-order valence-corrected chi connectivity index (χ1v) is 5.29. The summed E-state index contributed by atoms with van der Waals surface area (Å²) in [6.07, 6.45) is -1.51. The number of aliphatic hydroxyl groups is 1. The fraction of sp³-hybridized carbons (Fsp3) is 0.333. The second-order valence-electron chi connectivity index (χ2n) is 3.73. The van der Waals surface area contributed by atoms with Gasteiger partial charge in [-0.1, -0.05) is 35.5 Å². The van der Waals surface area contributed by atoms with Gasteiger partial charge in [0, 0.05) is 12.5 Å². The first kappa shape index (κ1) is 11.6. The number of carbonyl (C=O) groups is 1. The summed E-state index contributed by atoms with van der Waals surface area (Å²) < 4.78 is 4.78. The molecule has 0 amide bonds. The minimum Gasteiger partial charge on any atom is -0.462 e. The molecule has 0 unspecified atom stereocenters. The maximum absolute atomic E-state index is 10.7. The van der Waals surface area contributed by atoms with Crippen LogP contribution in [0, 0.1) is 0 Å². The normalized spacial score (nSPS) is 22.8. The van der Waals surface area contributed by atoms with E-state index in [2.05, 4.69) is 5.16 Å². The van der Waals surface area contributed by atoms with Crippen molar-refractivity contribution in [1.82, 2.24) is 0 Å². The first-order chi connectivity index (χ1) is 8.18. The van der Waals surface area contributed by atoms with Crippen LogP contribution in [-0.2, 0) is 14.4 Å². The zero-order valence-corrected chi connectivity index (χ0v) is 9.37. The highest BCUT2D eigenvalue weighted by Gasteiger charge is 2.33. The van der Waals surface area contributed by atoms with Crippen molar-refractivity contribution >= 4 is 11.7 Å². The summed E-state index contributed by atoms with van der Waals surface area (Å²) in [5, 5.41) is 13.8. The van der Waals surface area contributed by atoms with Gasteiger partial charge in [-0.25, -0.2) is 0 Å². The Morgan fingerprint density at radius 3 is 2.82 bits per heavy atom. The van der Waals surface area contributed by atoms with Gasteiger partial charge < -0.3 is 14.7 Å². The lowest BCUT2D eigenvalue weighted by Gasteiger charge is -2.13. The lowest BCUT2D eigenvalue weighted by molar-refractivity contribution is -0.146. The van der Waals surface area contributed by atoms with Gasteiger partial charge in [-0.05, 0) is 0 Å². The second-order valence-corrected chi connectivity index (χ2v) is 3.73. The molecule has 0 bridgehead atoms. The van der Waals surface area contributed by atoms with Crippen LogP contribution in [0.2, 0.25) is 0 Å². The lowest BCUT2D eigenvalue weighted by atomic mass is 10.0. The molecule has 1 aromatic rings. The molecular formula is C12H13NO4. The highest BCUT2D eigenvalue weighted by atomic mass is 16.7. The van der Waals surface area contributed by atoms with Crippen molar-refractivity contribution in [2.45, 2.75) is 19.1 Å². The highest BCUT2D eigenvalue weighted by Crippen LogP contribution is 2.17. The molecule has 1 aliphatic rings. The molecule has 5 nitrogen and oxygen atoms in total. The SMILES string of the molecule is CC(=O)OC[C@@H]1ON=C(c2ccccc2)[C@H]1O. The van der Waals surface area contributed by atoms with E-state index in [4.69, 9.17) is 9.57 Å². The number of aliphatic hydroxyl groups excluding tert-OH is 1. The fourth-order valence-corrected chi connectivity index (χ4v) is 1.57. The van der Waals surface area contributed by atoms with Crippen molar-refractivity contribution in [3.05, 3.63) is 35.9 Å². The Bertz CT molecular complexity index is 429. The average molecular weight is 235 g/mol. The number of nitrogens with zero attached hydrogens (tertiary/aromatic N) is 1. The van der Waals surface area contributed by atoms with E-state index in [1.807, 2.05) is 30.3 Å². The smallest absolute Gasteiger partial charge is 0.302 e. The predicted octanol–water partition coefficient (Wildman–Crippen LogP) is 0.714. The van der Waals surface area contributed by atoms with Crippen molar-refractivity contribution < 1.29 is 19.5 Å². The van der Waals surface area contributed by atoms with Crippen LogP contribution < -0.4 is 0 Å². The third-order valence-corrected chi connectivity index (χ3v) is 2.44. The van der Waals surface area contributed by atoms with Crippen LogP contribution >= 0.6 is 0 Å². The molecule has 0 fully saturated rings. The summed E-state index contributed by atoms with van der Waals surface area (Å²) in [7, 11) is 0. The van der Waals surface area contributed by atoms with Crippen molar-refractivity contribution in [2.24, 2.45) is 5.16 Å². The maximum atomic E-state index is 10.7. The van der Waals surface area contributed by atoms with E-state index in [0.717, 1.165) is 5.56 Å². The standard InChI is InChI=1S/C12H13NO4/c1-8(14)16-7-10-12(15)11(13-17-10)9-5-3-2-4-6-9/h2-6,10,12,15H,7H2,1H3/t10-,12-/m0/s1. The summed E-state index contributed by atoms with van der Waals surface area (Å²) in [6, 6.07) is 9.25. The Balaban J connectivity index is 2.02. The van der Waals surface area contributed by atoms with Gasteiger partial charge in [0.05, 0.1) is 0 Å². The molecule has 2 atom stereocenters. The topological polar surface area (TPSA) is 68.1 Å². The molecule has 2 rings (SSSR count). The van der Waals surface area contributed by atoms with E-state index in [1.165, 1.54) is 6.92 Å². The highest BCUT2D eigenvalue weighted by molar-refractivity contribution is 6.04. The van der Waals surface area contributed by atoms with E-state index in [1.54, 1.807) is 0 Å². The van der Waals surface area contributed by atoms with Gasteiger partial charge in [-0.3, -0.25) is 4.79 Å². The van der Waals surface area contributed by atoms with Gasteiger partial charge in [0.1, 0.15) is 18.4 Å². The Hall–Kier alpha value is -1.88. The van der Waals surface area contributed by atoms with Crippen molar-refractivity contribution in [2.75, 3.05) is 6.61 Å². The quantitative estimate of drug-likeness (QED) is 0.783. The first-order valence-electron chi connectivity index (χ1n) is 5.29. The molecule has 0 radical (unpaired) electrons. The van der Waals surface area contributed by atoms with Gasteiger partial charge in [0.15, 0.2) is 6.10 Å². The Kier molecular flexibility index (Phi) is 3.39. The molecule has 1 aromatic carbocycles. The molecule has 0 saturated heterocycles. The largest absolute Gasteiger partial charge is 0.462 e. The van der Waals surface area contributed by atoms with E-state index >= 15 is 0 Å².